The topological polar surface area (TPSA) is 28.7 Å². The summed E-state index contributed by atoms with van der Waals surface area (Å²) in [4.78, 5) is 0. The Morgan fingerprint density at radius 1 is 1.70 bits per heavy atom. The number of hydrogen-bond acceptors (Lipinski definition) is 1. The molecule has 3 heteroatoms. The molecule has 10 heavy (non-hydrogen) atoms. The SMILES string of the molecule is CC(C)Cc1cc(Cl)n[nH]1. The first-order valence-electron chi connectivity index (χ1n) is 3.38. The van der Waals surface area contributed by atoms with Crippen molar-refractivity contribution in [2.75, 3.05) is 0 Å². The molecule has 56 valence electrons. The molecule has 1 aromatic heterocycles. The van der Waals surface area contributed by atoms with Crippen molar-refractivity contribution in [3.63, 3.8) is 0 Å². The molecule has 1 N–H and O–H groups in total. The van der Waals surface area contributed by atoms with Crippen molar-refractivity contribution in [2.45, 2.75) is 20.3 Å². The van der Waals surface area contributed by atoms with E-state index in [1.807, 2.05) is 6.07 Å². The van der Waals surface area contributed by atoms with Crippen LogP contribution in [-0.2, 0) is 6.42 Å². The molecule has 0 spiro atoms. The number of aromatic amines is 1. The number of H-pyrrole nitrogens is 1. The molecule has 0 fully saturated rings. The van der Waals surface area contributed by atoms with Gasteiger partial charge in [-0.3, -0.25) is 5.10 Å². The van der Waals surface area contributed by atoms with Crippen molar-refractivity contribution in [3.8, 4) is 0 Å². The molecule has 0 saturated carbocycles. The first-order valence-corrected chi connectivity index (χ1v) is 3.76. The lowest BCUT2D eigenvalue weighted by molar-refractivity contribution is 0.633. The summed E-state index contributed by atoms with van der Waals surface area (Å²) in [5, 5.41) is 7.22. The van der Waals surface area contributed by atoms with Crippen molar-refractivity contribution in [1.82, 2.24) is 10.2 Å². The molecule has 0 aliphatic rings. The molecule has 1 heterocycles. The minimum absolute atomic E-state index is 0.552. The molecule has 1 aromatic rings. The summed E-state index contributed by atoms with van der Waals surface area (Å²) in [6, 6.07) is 1.86. The van der Waals surface area contributed by atoms with E-state index in [1.165, 1.54) is 0 Å². The molecule has 0 atom stereocenters. The first-order chi connectivity index (χ1) is 4.68. The summed E-state index contributed by atoms with van der Waals surface area (Å²) in [5.74, 6) is 0.650. The van der Waals surface area contributed by atoms with Gasteiger partial charge in [0.1, 0.15) is 0 Å². The van der Waals surface area contributed by atoms with E-state index in [2.05, 4.69) is 24.0 Å². The summed E-state index contributed by atoms with van der Waals surface area (Å²) in [7, 11) is 0. The second kappa shape index (κ2) is 3.06. The third-order valence-corrected chi connectivity index (χ3v) is 1.42. The number of hydrogen-bond donors (Lipinski definition) is 1. The van der Waals surface area contributed by atoms with Crippen LogP contribution in [0.25, 0.3) is 0 Å². The Balaban J connectivity index is 2.58. The van der Waals surface area contributed by atoms with Gasteiger partial charge in [0, 0.05) is 5.69 Å². The molecule has 0 aliphatic carbocycles. The lowest BCUT2D eigenvalue weighted by atomic mass is 10.1. The van der Waals surface area contributed by atoms with Gasteiger partial charge in [0.05, 0.1) is 0 Å². The van der Waals surface area contributed by atoms with Crippen LogP contribution in [0.3, 0.4) is 0 Å². The molecule has 0 amide bonds. The zero-order valence-electron chi connectivity index (χ0n) is 6.19. The summed E-state index contributed by atoms with van der Waals surface area (Å²) in [6.07, 6.45) is 1.01. The van der Waals surface area contributed by atoms with E-state index in [0.29, 0.717) is 11.1 Å². The van der Waals surface area contributed by atoms with Crippen LogP contribution in [0.15, 0.2) is 6.07 Å². The number of nitrogens with zero attached hydrogens (tertiary/aromatic N) is 1. The molecule has 1 rings (SSSR count). The Kier molecular flexibility index (Phi) is 2.33. The van der Waals surface area contributed by atoms with Crippen molar-refractivity contribution < 1.29 is 0 Å². The van der Waals surface area contributed by atoms with Gasteiger partial charge in [0.2, 0.25) is 0 Å². The quantitative estimate of drug-likeness (QED) is 0.703. The van der Waals surface area contributed by atoms with Crippen molar-refractivity contribution in [2.24, 2.45) is 5.92 Å². The average Bonchev–Trinajstić information content (AvgIpc) is 2.13. The first kappa shape index (κ1) is 7.61. The van der Waals surface area contributed by atoms with Gasteiger partial charge in [-0.25, -0.2) is 0 Å². The van der Waals surface area contributed by atoms with Crippen LogP contribution in [0.5, 0.6) is 0 Å². The number of aromatic nitrogens is 2. The Hall–Kier alpha value is -0.500. The molecule has 0 aliphatic heterocycles. The second-order valence-corrected chi connectivity index (χ2v) is 3.20. The van der Waals surface area contributed by atoms with E-state index in [0.717, 1.165) is 12.1 Å². The van der Waals surface area contributed by atoms with Crippen LogP contribution < -0.4 is 0 Å². The van der Waals surface area contributed by atoms with Gasteiger partial charge in [-0.1, -0.05) is 25.4 Å². The average molecular weight is 159 g/mol. The van der Waals surface area contributed by atoms with Crippen LogP contribution in [-0.4, -0.2) is 10.2 Å². The predicted molar refractivity (Wildman–Crippen MR) is 42.1 cm³/mol. The fourth-order valence-electron chi connectivity index (χ4n) is 0.878. The lowest BCUT2D eigenvalue weighted by Crippen LogP contribution is -1.93. The van der Waals surface area contributed by atoms with Crippen molar-refractivity contribution in [1.29, 1.82) is 0 Å². The summed E-state index contributed by atoms with van der Waals surface area (Å²) in [5.41, 5.74) is 1.11. The van der Waals surface area contributed by atoms with Gasteiger partial charge in [-0.05, 0) is 18.4 Å². The van der Waals surface area contributed by atoms with Gasteiger partial charge >= 0.3 is 0 Å². The number of rotatable bonds is 2. The predicted octanol–water partition coefficient (Wildman–Crippen LogP) is 2.26. The monoisotopic (exact) mass is 158 g/mol. The number of halogens is 1. The molecule has 2 nitrogen and oxygen atoms in total. The van der Waals surface area contributed by atoms with E-state index in [9.17, 15) is 0 Å². The van der Waals surface area contributed by atoms with Gasteiger partial charge in [-0.2, -0.15) is 5.10 Å². The largest absolute Gasteiger partial charge is 0.281 e. The standard InChI is InChI=1S/C7H11ClN2/c1-5(2)3-6-4-7(8)10-9-6/h4-5H,3H2,1-2H3,(H,9,10). The van der Waals surface area contributed by atoms with Gasteiger partial charge < -0.3 is 0 Å². The smallest absolute Gasteiger partial charge is 0.151 e. The van der Waals surface area contributed by atoms with Crippen LogP contribution in [0.4, 0.5) is 0 Å². The van der Waals surface area contributed by atoms with E-state index in [4.69, 9.17) is 11.6 Å². The Bertz CT molecular complexity index is 205. The molecule has 0 unspecified atom stereocenters. The normalized spacial score (nSPS) is 10.8. The number of nitrogens with one attached hydrogen (secondary N) is 1. The maximum Gasteiger partial charge on any atom is 0.151 e. The molecular weight excluding hydrogens is 148 g/mol. The Morgan fingerprint density at radius 3 is 2.80 bits per heavy atom. The van der Waals surface area contributed by atoms with Gasteiger partial charge in [0.15, 0.2) is 5.15 Å². The van der Waals surface area contributed by atoms with Crippen LogP contribution >= 0.6 is 11.6 Å². The van der Waals surface area contributed by atoms with Crippen LogP contribution in [0.2, 0.25) is 5.15 Å². The maximum absolute atomic E-state index is 5.60. The lowest BCUT2D eigenvalue weighted by Gasteiger charge is -1.98. The summed E-state index contributed by atoms with van der Waals surface area (Å²) >= 11 is 5.60. The fraction of sp³-hybridized carbons (Fsp3) is 0.571. The van der Waals surface area contributed by atoms with E-state index >= 15 is 0 Å². The molecule has 0 radical (unpaired) electrons. The highest BCUT2D eigenvalue weighted by Gasteiger charge is 2.00. The third-order valence-electron chi connectivity index (χ3n) is 1.23. The minimum Gasteiger partial charge on any atom is -0.281 e. The van der Waals surface area contributed by atoms with Crippen molar-refractivity contribution >= 4 is 11.6 Å². The van der Waals surface area contributed by atoms with Gasteiger partial charge in [-0.15, -0.1) is 0 Å². The zero-order chi connectivity index (χ0) is 7.56. The highest BCUT2D eigenvalue weighted by molar-refractivity contribution is 6.29. The maximum atomic E-state index is 5.60. The second-order valence-electron chi connectivity index (χ2n) is 2.81. The summed E-state index contributed by atoms with van der Waals surface area (Å²) < 4.78 is 0. The van der Waals surface area contributed by atoms with E-state index in [1.54, 1.807) is 0 Å². The third kappa shape index (κ3) is 2.03. The zero-order valence-corrected chi connectivity index (χ0v) is 6.94. The molecule has 0 bridgehead atoms. The highest BCUT2D eigenvalue weighted by atomic mass is 35.5. The van der Waals surface area contributed by atoms with Crippen LogP contribution in [0, 0.1) is 5.92 Å². The minimum atomic E-state index is 0.552. The van der Waals surface area contributed by atoms with Crippen molar-refractivity contribution in [3.05, 3.63) is 16.9 Å². The van der Waals surface area contributed by atoms with E-state index in [-0.39, 0.29) is 0 Å². The molecular formula is C7H11ClN2. The van der Waals surface area contributed by atoms with Gasteiger partial charge in [0.25, 0.3) is 0 Å². The Labute approximate surface area is 65.6 Å². The Morgan fingerprint density at radius 2 is 2.40 bits per heavy atom. The summed E-state index contributed by atoms with van der Waals surface area (Å²) in [6.45, 7) is 4.32. The fourth-order valence-corrected chi connectivity index (χ4v) is 1.05. The molecule has 0 saturated heterocycles. The highest BCUT2D eigenvalue weighted by Crippen LogP contribution is 2.09. The van der Waals surface area contributed by atoms with E-state index < -0.39 is 0 Å². The molecule has 0 aromatic carbocycles. The van der Waals surface area contributed by atoms with Crippen LogP contribution in [0.1, 0.15) is 19.5 Å².